The van der Waals surface area contributed by atoms with E-state index in [1.165, 1.54) is 17.0 Å². The number of thiophene rings is 1. The maximum absolute atomic E-state index is 12.4. The van der Waals surface area contributed by atoms with Gasteiger partial charge in [-0.2, -0.15) is 4.98 Å². The molecule has 0 bridgehead atoms. The van der Waals surface area contributed by atoms with E-state index in [2.05, 4.69) is 32.3 Å². The van der Waals surface area contributed by atoms with E-state index in [1.807, 2.05) is 41.8 Å². The number of ether oxygens (including phenoxy) is 2. The van der Waals surface area contributed by atoms with Crippen molar-refractivity contribution in [2.24, 2.45) is 0 Å². The van der Waals surface area contributed by atoms with Crippen molar-refractivity contribution >= 4 is 44.7 Å². The fourth-order valence-corrected chi connectivity index (χ4v) is 5.09. The Bertz CT molecular complexity index is 1330. The van der Waals surface area contributed by atoms with E-state index in [1.54, 1.807) is 0 Å². The number of Topliss-reactive ketones (excluding diaryl/α,β-unsaturated/α-hetero) is 1. The Balaban J connectivity index is 1.28. The number of ketones is 1. The zero-order valence-corrected chi connectivity index (χ0v) is 18.7. The van der Waals surface area contributed by atoms with Gasteiger partial charge in [0, 0.05) is 30.9 Å². The number of fused-ring (bicyclic) bond motifs is 2. The first kappa shape index (κ1) is 20.1. The Labute approximate surface area is 195 Å². The predicted octanol–water partition coefficient (Wildman–Crippen LogP) is 5.19. The molecule has 0 amide bonds. The standard InChI is InChI=1S/C25H22N4O3S/c30-20-9-4-16-2-1-3-21(22(16)20)32-24-23-19(10-15-33-23)27-25(28-24)26-17-5-7-18(8-6-17)29-11-13-31-14-12-29/h1-3,5-8,10,15H,4,9,11-14H2,(H,26,27,28). The van der Waals surface area contributed by atoms with Gasteiger partial charge >= 0.3 is 0 Å². The van der Waals surface area contributed by atoms with E-state index in [0.717, 1.165) is 54.2 Å². The monoisotopic (exact) mass is 458 g/mol. The van der Waals surface area contributed by atoms with Gasteiger partial charge in [-0.1, -0.05) is 12.1 Å². The van der Waals surface area contributed by atoms with Crippen LogP contribution < -0.4 is 15.0 Å². The summed E-state index contributed by atoms with van der Waals surface area (Å²) in [6.07, 6.45) is 1.29. The van der Waals surface area contributed by atoms with Crippen LogP contribution in [-0.2, 0) is 11.2 Å². The second-order valence-electron chi connectivity index (χ2n) is 8.07. The smallest absolute Gasteiger partial charge is 0.242 e. The summed E-state index contributed by atoms with van der Waals surface area (Å²) in [7, 11) is 0. The second kappa shape index (κ2) is 8.46. The molecule has 1 aliphatic carbocycles. The van der Waals surface area contributed by atoms with Crippen molar-refractivity contribution in [3.63, 3.8) is 0 Å². The highest BCUT2D eigenvalue weighted by Gasteiger charge is 2.25. The number of hydrogen-bond acceptors (Lipinski definition) is 8. The van der Waals surface area contributed by atoms with Gasteiger partial charge in [-0.15, -0.1) is 11.3 Å². The molecule has 2 aromatic heterocycles. The van der Waals surface area contributed by atoms with E-state index in [0.29, 0.717) is 29.6 Å². The third kappa shape index (κ3) is 3.92. The molecule has 166 valence electrons. The fraction of sp³-hybridized carbons (Fsp3) is 0.240. The molecule has 33 heavy (non-hydrogen) atoms. The van der Waals surface area contributed by atoms with E-state index in [4.69, 9.17) is 9.47 Å². The van der Waals surface area contributed by atoms with Gasteiger partial charge in [-0.25, -0.2) is 4.98 Å². The van der Waals surface area contributed by atoms with Crippen molar-refractivity contribution in [2.75, 3.05) is 36.5 Å². The number of anilines is 3. The number of nitrogens with zero attached hydrogens (tertiary/aromatic N) is 3. The van der Waals surface area contributed by atoms with Gasteiger partial charge in [0.05, 0.1) is 24.3 Å². The van der Waals surface area contributed by atoms with Gasteiger partial charge in [-0.3, -0.25) is 4.79 Å². The maximum atomic E-state index is 12.4. The average molecular weight is 459 g/mol. The lowest BCUT2D eigenvalue weighted by Crippen LogP contribution is -2.36. The molecule has 1 aliphatic heterocycles. The van der Waals surface area contributed by atoms with Crippen molar-refractivity contribution in [3.05, 3.63) is 65.0 Å². The number of carbonyl (C=O) groups excluding carboxylic acids is 1. The molecule has 0 unspecified atom stereocenters. The van der Waals surface area contributed by atoms with Crippen LogP contribution >= 0.6 is 11.3 Å². The summed E-state index contributed by atoms with van der Waals surface area (Å²) >= 11 is 1.52. The van der Waals surface area contributed by atoms with Crippen molar-refractivity contribution in [2.45, 2.75) is 12.8 Å². The minimum Gasteiger partial charge on any atom is -0.437 e. The molecular weight excluding hydrogens is 436 g/mol. The van der Waals surface area contributed by atoms with E-state index >= 15 is 0 Å². The summed E-state index contributed by atoms with van der Waals surface area (Å²) in [5.41, 5.74) is 4.58. The normalized spacial score (nSPS) is 15.6. The third-order valence-electron chi connectivity index (χ3n) is 5.99. The molecule has 3 heterocycles. The Kier molecular flexibility index (Phi) is 5.16. The predicted molar refractivity (Wildman–Crippen MR) is 129 cm³/mol. The van der Waals surface area contributed by atoms with Crippen molar-refractivity contribution in [1.82, 2.24) is 9.97 Å². The van der Waals surface area contributed by atoms with Crippen LogP contribution in [0.25, 0.3) is 10.2 Å². The number of aryl methyl sites for hydroxylation is 1. The lowest BCUT2D eigenvalue weighted by atomic mass is 10.1. The topological polar surface area (TPSA) is 76.6 Å². The lowest BCUT2D eigenvalue weighted by Gasteiger charge is -2.28. The fourth-order valence-electron chi connectivity index (χ4n) is 4.33. The van der Waals surface area contributed by atoms with Crippen LogP contribution in [0.15, 0.2) is 53.9 Å². The van der Waals surface area contributed by atoms with E-state index in [-0.39, 0.29) is 5.78 Å². The minimum atomic E-state index is 0.121. The van der Waals surface area contributed by atoms with Crippen LogP contribution in [0.3, 0.4) is 0 Å². The van der Waals surface area contributed by atoms with E-state index < -0.39 is 0 Å². The summed E-state index contributed by atoms with van der Waals surface area (Å²) in [4.78, 5) is 24.0. The summed E-state index contributed by atoms with van der Waals surface area (Å²) in [6.45, 7) is 3.31. The molecule has 2 aliphatic rings. The molecule has 1 saturated heterocycles. The van der Waals surface area contributed by atoms with Gasteiger partial charge in [0.2, 0.25) is 11.8 Å². The zero-order valence-electron chi connectivity index (χ0n) is 17.9. The molecule has 4 aromatic rings. The number of benzene rings is 2. The molecule has 0 atom stereocenters. The first-order valence-electron chi connectivity index (χ1n) is 11.0. The summed E-state index contributed by atoms with van der Waals surface area (Å²) in [6, 6.07) is 15.9. The van der Waals surface area contributed by atoms with Gasteiger partial charge < -0.3 is 19.7 Å². The number of hydrogen-bond donors (Lipinski definition) is 1. The molecule has 1 fully saturated rings. The highest BCUT2D eigenvalue weighted by Crippen LogP contribution is 2.37. The lowest BCUT2D eigenvalue weighted by molar-refractivity contribution is 0.0992. The SMILES string of the molecule is O=C1CCc2cccc(Oc3nc(Nc4ccc(N5CCOCC5)cc4)nc4ccsc34)c21. The van der Waals surface area contributed by atoms with Crippen molar-refractivity contribution in [3.8, 4) is 11.6 Å². The Morgan fingerprint density at radius 1 is 1.00 bits per heavy atom. The van der Waals surface area contributed by atoms with Crippen LogP contribution in [0, 0.1) is 0 Å². The largest absolute Gasteiger partial charge is 0.437 e. The highest BCUT2D eigenvalue weighted by molar-refractivity contribution is 7.17. The average Bonchev–Trinajstić information content (AvgIpc) is 3.48. The van der Waals surface area contributed by atoms with Gasteiger partial charge in [0.1, 0.15) is 10.4 Å². The maximum Gasteiger partial charge on any atom is 0.242 e. The van der Waals surface area contributed by atoms with Crippen molar-refractivity contribution in [1.29, 1.82) is 0 Å². The van der Waals surface area contributed by atoms with Crippen LogP contribution in [0.4, 0.5) is 17.3 Å². The van der Waals surface area contributed by atoms with Gasteiger partial charge in [-0.05, 0) is 53.8 Å². The van der Waals surface area contributed by atoms with E-state index in [9.17, 15) is 4.79 Å². The highest BCUT2D eigenvalue weighted by atomic mass is 32.1. The van der Waals surface area contributed by atoms with Crippen molar-refractivity contribution < 1.29 is 14.3 Å². The Morgan fingerprint density at radius 2 is 1.85 bits per heavy atom. The number of morpholine rings is 1. The molecule has 1 N–H and O–H groups in total. The summed E-state index contributed by atoms with van der Waals surface area (Å²) in [5.74, 6) is 1.59. The number of aromatic nitrogens is 2. The number of carbonyl (C=O) groups is 1. The molecular formula is C25H22N4O3S. The number of rotatable bonds is 5. The summed E-state index contributed by atoms with van der Waals surface area (Å²) in [5, 5.41) is 5.26. The molecule has 2 aromatic carbocycles. The molecule has 0 spiro atoms. The molecule has 7 nitrogen and oxygen atoms in total. The first-order valence-corrected chi connectivity index (χ1v) is 11.9. The van der Waals surface area contributed by atoms with Crippen LogP contribution in [0.2, 0.25) is 0 Å². The van der Waals surface area contributed by atoms with Gasteiger partial charge in [0.25, 0.3) is 0 Å². The number of nitrogens with one attached hydrogen (secondary N) is 1. The Morgan fingerprint density at radius 3 is 2.70 bits per heavy atom. The van der Waals surface area contributed by atoms with Gasteiger partial charge in [0.15, 0.2) is 5.78 Å². The molecule has 0 saturated carbocycles. The summed E-state index contributed by atoms with van der Waals surface area (Å²) < 4.78 is 12.5. The molecule has 6 rings (SSSR count). The van der Waals surface area contributed by atoms with Crippen LogP contribution in [0.5, 0.6) is 11.6 Å². The van der Waals surface area contributed by atoms with Crippen LogP contribution in [-0.4, -0.2) is 42.1 Å². The molecule has 0 radical (unpaired) electrons. The third-order valence-corrected chi connectivity index (χ3v) is 6.88. The quantitative estimate of drug-likeness (QED) is 0.441. The zero-order chi connectivity index (χ0) is 22.2. The minimum absolute atomic E-state index is 0.121. The molecule has 8 heteroatoms. The second-order valence-corrected chi connectivity index (χ2v) is 8.99. The van der Waals surface area contributed by atoms with Crippen LogP contribution in [0.1, 0.15) is 22.3 Å². The first-order chi connectivity index (χ1) is 16.2. The Hall–Kier alpha value is -3.49.